The Morgan fingerprint density at radius 2 is 2.29 bits per heavy atom. The van der Waals surface area contributed by atoms with Crippen LogP contribution in [0.25, 0.3) is 0 Å². The Morgan fingerprint density at radius 1 is 1.43 bits per heavy atom. The maximum Gasteiger partial charge on any atom is 0.165 e. The number of hydrogen-bond acceptors (Lipinski definition) is 4. The zero-order valence-corrected chi connectivity index (χ0v) is 7.88. The normalized spacial score (nSPS) is 10.4. The molecule has 0 radical (unpaired) electrons. The van der Waals surface area contributed by atoms with Gasteiger partial charge in [0.05, 0.1) is 12.7 Å². The molecule has 2 rings (SSSR count). The van der Waals surface area contributed by atoms with Crippen LogP contribution in [0.1, 0.15) is 11.1 Å². The summed E-state index contributed by atoms with van der Waals surface area (Å²) in [5.74, 6) is 0.436. The smallest absolute Gasteiger partial charge is 0.165 e. The molecule has 2 N–H and O–H groups in total. The first-order valence-corrected chi connectivity index (χ1v) is 4.30. The summed E-state index contributed by atoms with van der Waals surface area (Å²) < 4.78 is 1.69. The van der Waals surface area contributed by atoms with Crippen LogP contribution >= 0.6 is 0 Å². The average Bonchev–Trinajstić information content (AvgIpc) is 2.51. The molecule has 14 heavy (non-hydrogen) atoms. The van der Waals surface area contributed by atoms with E-state index in [1.54, 1.807) is 10.9 Å². The number of rotatable bonds is 2. The van der Waals surface area contributed by atoms with Crippen LogP contribution in [0.4, 0.5) is 5.82 Å². The maximum atomic E-state index is 5.45. The number of nitrogens with zero attached hydrogens (tertiary/aromatic N) is 4. The average molecular weight is 189 g/mol. The molecule has 0 aliphatic rings. The van der Waals surface area contributed by atoms with Crippen molar-refractivity contribution in [2.24, 2.45) is 0 Å². The third-order valence-corrected chi connectivity index (χ3v) is 1.83. The van der Waals surface area contributed by atoms with Gasteiger partial charge in [0.25, 0.3) is 0 Å². The Kier molecular flexibility index (Phi) is 2.14. The van der Waals surface area contributed by atoms with Crippen LogP contribution in [0.5, 0.6) is 0 Å². The van der Waals surface area contributed by atoms with E-state index in [9.17, 15) is 0 Å². The molecule has 2 heterocycles. The first-order valence-electron chi connectivity index (χ1n) is 4.30. The van der Waals surface area contributed by atoms with Crippen molar-refractivity contribution in [1.29, 1.82) is 0 Å². The van der Waals surface area contributed by atoms with Crippen LogP contribution in [-0.2, 0) is 6.54 Å². The molecule has 0 bridgehead atoms. The van der Waals surface area contributed by atoms with E-state index in [1.807, 2.05) is 19.3 Å². The summed E-state index contributed by atoms with van der Waals surface area (Å²) in [5.41, 5.74) is 7.68. The second-order valence-corrected chi connectivity index (χ2v) is 3.21. The van der Waals surface area contributed by atoms with Gasteiger partial charge in [-0.2, -0.15) is 0 Å². The summed E-state index contributed by atoms with van der Waals surface area (Å²) in [6, 6.07) is 2.06. The summed E-state index contributed by atoms with van der Waals surface area (Å²) >= 11 is 0. The lowest BCUT2D eigenvalue weighted by atomic mass is 10.2. The third-order valence-electron chi connectivity index (χ3n) is 1.83. The number of nitrogen functional groups attached to an aromatic ring is 1. The molecule has 0 unspecified atom stereocenters. The van der Waals surface area contributed by atoms with Crippen LogP contribution in [0.3, 0.4) is 0 Å². The number of anilines is 1. The van der Waals surface area contributed by atoms with E-state index in [0.29, 0.717) is 12.4 Å². The van der Waals surface area contributed by atoms with Crippen molar-refractivity contribution in [3.63, 3.8) is 0 Å². The van der Waals surface area contributed by atoms with Crippen molar-refractivity contribution >= 4 is 5.82 Å². The fourth-order valence-corrected chi connectivity index (χ4v) is 1.28. The molecule has 0 saturated heterocycles. The van der Waals surface area contributed by atoms with Gasteiger partial charge < -0.3 is 5.73 Å². The van der Waals surface area contributed by atoms with Crippen LogP contribution in [0, 0.1) is 6.92 Å². The summed E-state index contributed by atoms with van der Waals surface area (Å²) in [6.45, 7) is 2.66. The van der Waals surface area contributed by atoms with Gasteiger partial charge in [-0.3, -0.25) is 4.98 Å². The first-order chi connectivity index (χ1) is 6.74. The highest BCUT2D eigenvalue weighted by Crippen LogP contribution is 2.03. The number of nitrogens with two attached hydrogens (primary N) is 1. The van der Waals surface area contributed by atoms with Gasteiger partial charge in [-0.05, 0) is 18.1 Å². The Bertz CT molecular complexity index is 434. The molecule has 0 amide bonds. The molecule has 0 atom stereocenters. The predicted molar refractivity (Wildman–Crippen MR) is 52.5 cm³/mol. The lowest BCUT2D eigenvalue weighted by Crippen LogP contribution is -2.01. The van der Waals surface area contributed by atoms with Crippen LogP contribution < -0.4 is 5.73 Å². The zero-order chi connectivity index (χ0) is 9.97. The van der Waals surface area contributed by atoms with Gasteiger partial charge in [-0.25, -0.2) is 4.68 Å². The maximum absolute atomic E-state index is 5.45. The minimum Gasteiger partial charge on any atom is -0.381 e. The van der Waals surface area contributed by atoms with E-state index >= 15 is 0 Å². The van der Waals surface area contributed by atoms with E-state index in [2.05, 4.69) is 21.4 Å². The van der Waals surface area contributed by atoms with Crippen molar-refractivity contribution < 1.29 is 0 Å². The number of hydrogen-bond donors (Lipinski definition) is 1. The molecule has 2 aromatic rings. The lowest BCUT2D eigenvalue weighted by Gasteiger charge is -2.00. The highest BCUT2D eigenvalue weighted by Gasteiger charge is 1.98. The van der Waals surface area contributed by atoms with Crippen molar-refractivity contribution in [3.8, 4) is 0 Å². The highest BCUT2D eigenvalue weighted by atomic mass is 15.4. The fourth-order valence-electron chi connectivity index (χ4n) is 1.28. The van der Waals surface area contributed by atoms with Gasteiger partial charge in [-0.15, -0.1) is 5.10 Å². The van der Waals surface area contributed by atoms with E-state index in [0.717, 1.165) is 11.1 Å². The van der Waals surface area contributed by atoms with Crippen LogP contribution in [0.2, 0.25) is 0 Å². The molecule has 0 spiro atoms. The van der Waals surface area contributed by atoms with Gasteiger partial charge in [0.2, 0.25) is 0 Å². The van der Waals surface area contributed by atoms with Gasteiger partial charge in [0, 0.05) is 12.4 Å². The highest BCUT2D eigenvalue weighted by molar-refractivity contribution is 5.21. The van der Waals surface area contributed by atoms with Crippen molar-refractivity contribution in [3.05, 3.63) is 35.8 Å². The van der Waals surface area contributed by atoms with E-state index in [-0.39, 0.29) is 0 Å². The Morgan fingerprint density at radius 3 is 2.93 bits per heavy atom. The second-order valence-electron chi connectivity index (χ2n) is 3.21. The summed E-state index contributed by atoms with van der Waals surface area (Å²) in [6.07, 6.45) is 5.33. The van der Waals surface area contributed by atoms with Gasteiger partial charge in [0.1, 0.15) is 0 Å². The molecule has 0 fully saturated rings. The van der Waals surface area contributed by atoms with Crippen molar-refractivity contribution in [2.45, 2.75) is 13.5 Å². The first kappa shape index (κ1) is 8.68. The molecule has 72 valence electrons. The largest absolute Gasteiger partial charge is 0.381 e. The minimum atomic E-state index is 0.436. The monoisotopic (exact) mass is 189 g/mol. The quantitative estimate of drug-likeness (QED) is 0.751. The standard InChI is InChI=1S/C9H11N5/c1-7-2-8(4-11-3-7)5-14-6-9(10)12-13-14/h2-4,6H,5,10H2,1H3. The summed E-state index contributed by atoms with van der Waals surface area (Å²) in [4.78, 5) is 4.09. The minimum absolute atomic E-state index is 0.436. The molecule has 0 saturated carbocycles. The second kappa shape index (κ2) is 3.45. The molecule has 0 aliphatic carbocycles. The van der Waals surface area contributed by atoms with Crippen molar-refractivity contribution in [2.75, 3.05) is 5.73 Å². The zero-order valence-electron chi connectivity index (χ0n) is 7.88. The number of aromatic nitrogens is 4. The lowest BCUT2D eigenvalue weighted by molar-refractivity contribution is 0.648. The van der Waals surface area contributed by atoms with E-state index < -0.39 is 0 Å². The summed E-state index contributed by atoms with van der Waals surface area (Å²) in [7, 11) is 0. The molecule has 0 aromatic carbocycles. The van der Waals surface area contributed by atoms with Crippen LogP contribution in [-0.4, -0.2) is 20.0 Å². The van der Waals surface area contributed by atoms with E-state index in [4.69, 9.17) is 5.73 Å². The molecule has 5 nitrogen and oxygen atoms in total. The fraction of sp³-hybridized carbons (Fsp3) is 0.222. The number of pyridine rings is 1. The topological polar surface area (TPSA) is 69.6 Å². The Labute approximate surface area is 81.6 Å². The molecule has 5 heteroatoms. The molecule has 2 aromatic heterocycles. The van der Waals surface area contributed by atoms with Crippen LogP contribution in [0.15, 0.2) is 24.7 Å². The molecule has 0 aliphatic heterocycles. The Balaban J connectivity index is 2.18. The van der Waals surface area contributed by atoms with Gasteiger partial charge >= 0.3 is 0 Å². The van der Waals surface area contributed by atoms with Gasteiger partial charge in [0.15, 0.2) is 5.82 Å². The van der Waals surface area contributed by atoms with Gasteiger partial charge in [-0.1, -0.05) is 11.3 Å². The third kappa shape index (κ3) is 1.87. The SMILES string of the molecule is Cc1cncc(Cn2cc(N)nn2)c1. The summed E-state index contributed by atoms with van der Waals surface area (Å²) in [5, 5.41) is 7.56. The Hall–Kier alpha value is -1.91. The predicted octanol–water partition coefficient (Wildman–Crippen LogP) is 0.612. The molecular weight excluding hydrogens is 178 g/mol. The van der Waals surface area contributed by atoms with E-state index in [1.165, 1.54) is 0 Å². The molecular formula is C9H11N5. The van der Waals surface area contributed by atoms with Crippen molar-refractivity contribution in [1.82, 2.24) is 20.0 Å². The number of aryl methyl sites for hydroxylation is 1.